The molecule has 0 saturated carbocycles. The summed E-state index contributed by atoms with van der Waals surface area (Å²) in [6.45, 7) is 8.74. The van der Waals surface area contributed by atoms with Gasteiger partial charge >= 0.3 is 0 Å². The van der Waals surface area contributed by atoms with E-state index in [0.717, 1.165) is 0 Å². The molecule has 3 heteroatoms. The van der Waals surface area contributed by atoms with Crippen LogP contribution in [0.2, 0.25) is 0 Å². The van der Waals surface area contributed by atoms with E-state index in [9.17, 15) is 0 Å². The number of nitrogens with one attached hydrogen (secondary N) is 1. The van der Waals surface area contributed by atoms with Crippen molar-refractivity contribution in [3.8, 4) is 0 Å². The molecule has 80 valence electrons. The topological polar surface area (TPSA) is 24.9 Å². The van der Waals surface area contributed by atoms with Crippen LogP contribution in [0, 0.1) is 6.92 Å². The molecule has 1 N–H and O–H groups in total. The first kappa shape index (κ1) is 11.7. The fourth-order valence-electron chi connectivity index (χ4n) is 1.59. The lowest BCUT2D eigenvalue weighted by Crippen LogP contribution is -2.28. The molecule has 0 aliphatic carbocycles. The Bertz CT molecular complexity index is 270. The minimum atomic E-state index is 0.384. The van der Waals surface area contributed by atoms with Crippen LogP contribution in [0.5, 0.6) is 0 Å². The summed E-state index contributed by atoms with van der Waals surface area (Å²) in [4.78, 5) is 5.67. The lowest BCUT2D eigenvalue weighted by Gasteiger charge is -2.17. The highest BCUT2D eigenvalue weighted by atomic mass is 32.1. The second kappa shape index (κ2) is 5.47. The molecule has 2 unspecified atom stereocenters. The van der Waals surface area contributed by atoms with Crippen molar-refractivity contribution in [2.75, 3.05) is 0 Å². The van der Waals surface area contributed by atoms with Crippen LogP contribution in [-0.4, -0.2) is 11.0 Å². The summed E-state index contributed by atoms with van der Waals surface area (Å²) in [6, 6.07) is 0.967. The van der Waals surface area contributed by atoms with Gasteiger partial charge in [-0.3, -0.25) is 0 Å². The van der Waals surface area contributed by atoms with Crippen LogP contribution in [-0.2, 0) is 0 Å². The Balaban J connectivity index is 2.45. The summed E-state index contributed by atoms with van der Waals surface area (Å²) in [5, 5.41) is 4.76. The van der Waals surface area contributed by atoms with E-state index in [2.05, 4.69) is 38.0 Å². The zero-order valence-corrected chi connectivity index (χ0v) is 10.3. The number of hydrogen-bond donors (Lipinski definition) is 1. The molecule has 0 aliphatic heterocycles. The summed E-state index contributed by atoms with van der Waals surface area (Å²) in [5.41, 5.74) is 0. The third-order valence-electron chi connectivity index (χ3n) is 2.27. The Hall–Kier alpha value is -0.410. The van der Waals surface area contributed by atoms with Crippen LogP contribution in [0.3, 0.4) is 0 Å². The fourth-order valence-corrected chi connectivity index (χ4v) is 2.37. The Labute approximate surface area is 90.8 Å². The van der Waals surface area contributed by atoms with Gasteiger partial charge in [0.25, 0.3) is 0 Å². The monoisotopic (exact) mass is 212 g/mol. The van der Waals surface area contributed by atoms with E-state index in [0.29, 0.717) is 12.1 Å². The molecule has 2 nitrogen and oxygen atoms in total. The summed E-state index contributed by atoms with van der Waals surface area (Å²) < 4.78 is 0. The van der Waals surface area contributed by atoms with E-state index in [1.54, 1.807) is 11.3 Å². The van der Waals surface area contributed by atoms with Crippen LogP contribution in [0.15, 0.2) is 6.20 Å². The van der Waals surface area contributed by atoms with E-state index in [1.807, 2.05) is 6.20 Å². The van der Waals surface area contributed by atoms with Crippen LogP contribution >= 0.6 is 11.3 Å². The van der Waals surface area contributed by atoms with Gasteiger partial charge in [0.05, 0.1) is 6.04 Å². The third kappa shape index (κ3) is 3.39. The molecular weight excluding hydrogens is 192 g/mol. The first-order valence-corrected chi connectivity index (χ1v) is 6.13. The SMILES string of the molecule is CCCC(C)NC(C)c1ncc(C)s1. The highest BCUT2D eigenvalue weighted by Crippen LogP contribution is 2.19. The molecule has 0 bridgehead atoms. The first-order valence-electron chi connectivity index (χ1n) is 5.31. The van der Waals surface area contributed by atoms with E-state index in [1.165, 1.54) is 22.7 Å². The van der Waals surface area contributed by atoms with Crippen LogP contribution in [0.1, 0.15) is 49.5 Å². The van der Waals surface area contributed by atoms with E-state index in [-0.39, 0.29) is 0 Å². The second-order valence-electron chi connectivity index (χ2n) is 3.89. The summed E-state index contributed by atoms with van der Waals surface area (Å²) in [6.07, 6.45) is 4.41. The molecule has 0 fully saturated rings. The van der Waals surface area contributed by atoms with Crippen LogP contribution < -0.4 is 5.32 Å². The van der Waals surface area contributed by atoms with E-state index < -0.39 is 0 Å². The predicted octanol–water partition coefficient (Wildman–Crippen LogP) is 3.29. The smallest absolute Gasteiger partial charge is 0.109 e. The molecule has 1 aromatic heterocycles. The molecule has 14 heavy (non-hydrogen) atoms. The summed E-state index contributed by atoms with van der Waals surface area (Å²) >= 11 is 1.78. The highest BCUT2D eigenvalue weighted by molar-refractivity contribution is 7.11. The Morgan fingerprint density at radius 3 is 2.71 bits per heavy atom. The molecule has 0 radical (unpaired) electrons. The molecule has 0 aliphatic rings. The normalized spacial score (nSPS) is 15.4. The van der Waals surface area contributed by atoms with Crippen molar-refractivity contribution >= 4 is 11.3 Å². The van der Waals surface area contributed by atoms with Gasteiger partial charge in [0.1, 0.15) is 5.01 Å². The predicted molar refractivity (Wildman–Crippen MR) is 62.8 cm³/mol. The number of hydrogen-bond acceptors (Lipinski definition) is 3. The molecule has 0 aromatic carbocycles. The van der Waals surface area contributed by atoms with Crippen LogP contribution in [0.4, 0.5) is 0 Å². The molecule has 1 heterocycles. The molecule has 1 aromatic rings. The first-order chi connectivity index (χ1) is 6.63. The maximum atomic E-state index is 4.38. The van der Waals surface area contributed by atoms with Gasteiger partial charge in [-0.25, -0.2) is 4.98 Å². The summed E-state index contributed by atoms with van der Waals surface area (Å²) in [5.74, 6) is 0. The third-order valence-corrected chi connectivity index (χ3v) is 3.36. The zero-order valence-electron chi connectivity index (χ0n) is 9.50. The van der Waals surface area contributed by atoms with Crippen molar-refractivity contribution in [3.05, 3.63) is 16.1 Å². The molecule has 0 saturated heterocycles. The number of nitrogens with zero attached hydrogens (tertiary/aromatic N) is 1. The number of aryl methyl sites for hydroxylation is 1. The highest BCUT2D eigenvalue weighted by Gasteiger charge is 2.11. The second-order valence-corrected chi connectivity index (χ2v) is 5.15. The van der Waals surface area contributed by atoms with E-state index in [4.69, 9.17) is 0 Å². The van der Waals surface area contributed by atoms with Gasteiger partial charge in [-0.15, -0.1) is 11.3 Å². The van der Waals surface area contributed by atoms with Crippen molar-refractivity contribution < 1.29 is 0 Å². The Morgan fingerprint density at radius 1 is 1.50 bits per heavy atom. The van der Waals surface area contributed by atoms with Crippen LogP contribution in [0.25, 0.3) is 0 Å². The van der Waals surface area contributed by atoms with Crippen molar-refractivity contribution in [2.24, 2.45) is 0 Å². The average Bonchev–Trinajstić information content (AvgIpc) is 2.52. The maximum absolute atomic E-state index is 4.38. The van der Waals surface area contributed by atoms with E-state index >= 15 is 0 Å². The number of aromatic nitrogens is 1. The van der Waals surface area contributed by atoms with Gasteiger partial charge in [0.15, 0.2) is 0 Å². The summed E-state index contributed by atoms with van der Waals surface area (Å²) in [7, 11) is 0. The van der Waals surface area contributed by atoms with Gasteiger partial charge in [-0.2, -0.15) is 0 Å². The van der Waals surface area contributed by atoms with Crippen molar-refractivity contribution in [2.45, 2.75) is 52.6 Å². The number of thiazole rings is 1. The average molecular weight is 212 g/mol. The molecule has 2 atom stereocenters. The zero-order chi connectivity index (χ0) is 10.6. The lowest BCUT2D eigenvalue weighted by molar-refractivity contribution is 0.452. The molecule has 0 amide bonds. The lowest BCUT2D eigenvalue weighted by atomic mass is 10.2. The van der Waals surface area contributed by atoms with Gasteiger partial charge in [-0.1, -0.05) is 13.3 Å². The van der Waals surface area contributed by atoms with Crippen molar-refractivity contribution in [3.63, 3.8) is 0 Å². The van der Waals surface area contributed by atoms with Crippen molar-refractivity contribution in [1.82, 2.24) is 10.3 Å². The van der Waals surface area contributed by atoms with Crippen molar-refractivity contribution in [1.29, 1.82) is 0 Å². The maximum Gasteiger partial charge on any atom is 0.109 e. The number of rotatable bonds is 5. The standard InChI is InChI=1S/C11H20N2S/c1-5-6-8(2)13-10(4)11-12-7-9(3)14-11/h7-8,10,13H,5-6H2,1-4H3. The Morgan fingerprint density at radius 2 is 2.21 bits per heavy atom. The fraction of sp³-hybridized carbons (Fsp3) is 0.727. The largest absolute Gasteiger partial charge is 0.306 e. The van der Waals surface area contributed by atoms with Gasteiger partial charge < -0.3 is 5.32 Å². The molecular formula is C11H20N2S. The molecule has 1 rings (SSSR count). The van der Waals surface area contributed by atoms with Gasteiger partial charge in [0.2, 0.25) is 0 Å². The molecule has 0 spiro atoms. The van der Waals surface area contributed by atoms with Gasteiger partial charge in [0, 0.05) is 17.1 Å². The minimum Gasteiger partial charge on any atom is -0.306 e. The minimum absolute atomic E-state index is 0.384. The Kier molecular flexibility index (Phi) is 4.55. The quantitative estimate of drug-likeness (QED) is 0.810. The van der Waals surface area contributed by atoms with Gasteiger partial charge in [-0.05, 0) is 27.2 Å².